The van der Waals surface area contributed by atoms with Crippen LogP contribution < -0.4 is 15.5 Å². The van der Waals surface area contributed by atoms with Crippen molar-refractivity contribution in [2.24, 2.45) is 0 Å². The van der Waals surface area contributed by atoms with Gasteiger partial charge in [-0.15, -0.1) is 0 Å². The Kier molecular flexibility index (Phi) is 3.64. The Hall–Kier alpha value is -1.55. The van der Waals surface area contributed by atoms with Crippen LogP contribution in [0.15, 0.2) is 18.2 Å². The highest BCUT2D eigenvalue weighted by molar-refractivity contribution is 5.91. The highest BCUT2D eigenvalue weighted by Gasteiger charge is 2.15. The molecule has 0 aliphatic carbocycles. The van der Waals surface area contributed by atoms with Gasteiger partial charge in [0.15, 0.2) is 0 Å². The molecule has 0 spiro atoms. The maximum Gasteiger partial charge on any atom is 0.225 e. The summed E-state index contributed by atoms with van der Waals surface area (Å²) >= 11 is 0. The van der Waals surface area contributed by atoms with Crippen molar-refractivity contribution in [2.75, 3.05) is 37.4 Å². The van der Waals surface area contributed by atoms with E-state index in [9.17, 15) is 4.79 Å². The molecular weight excluding hydrogens is 214 g/mol. The molecule has 4 nitrogen and oxygen atoms in total. The Morgan fingerprint density at radius 3 is 3.06 bits per heavy atom. The van der Waals surface area contributed by atoms with Crippen LogP contribution in [0, 0.1) is 0 Å². The van der Waals surface area contributed by atoms with E-state index >= 15 is 0 Å². The fraction of sp³-hybridized carbons (Fsp3) is 0.462. The third-order valence-electron chi connectivity index (χ3n) is 3.09. The molecule has 1 amide bonds. The van der Waals surface area contributed by atoms with E-state index in [1.165, 1.54) is 11.3 Å². The predicted molar refractivity (Wildman–Crippen MR) is 70.6 cm³/mol. The quantitative estimate of drug-likeness (QED) is 0.822. The number of fused-ring (bicyclic) bond motifs is 1. The second-order valence-corrected chi connectivity index (χ2v) is 4.42. The molecular formula is C13H19N3O. The van der Waals surface area contributed by atoms with Gasteiger partial charge in [0.2, 0.25) is 5.91 Å². The van der Waals surface area contributed by atoms with Crippen LogP contribution in [-0.2, 0) is 11.2 Å². The molecule has 1 aromatic carbocycles. The van der Waals surface area contributed by atoms with Crippen LogP contribution in [0.5, 0.6) is 0 Å². The molecule has 2 rings (SSSR count). The number of amides is 1. The molecule has 17 heavy (non-hydrogen) atoms. The zero-order chi connectivity index (χ0) is 12.3. The SMILES string of the molecule is CNCCC(=O)Nc1ccc2c(c1)CCN2C. The van der Waals surface area contributed by atoms with Crippen LogP contribution >= 0.6 is 0 Å². The van der Waals surface area contributed by atoms with Gasteiger partial charge in [-0.25, -0.2) is 0 Å². The lowest BCUT2D eigenvalue weighted by atomic mass is 10.1. The number of benzene rings is 1. The van der Waals surface area contributed by atoms with Crippen LogP contribution in [0.4, 0.5) is 11.4 Å². The molecule has 0 fully saturated rings. The van der Waals surface area contributed by atoms with Gasteiger partial charge in [-0.2, -0.15) is 0 Å². The van der Waals surface area contributed by atoms with Crippen molar-refractivity contribution in [3.8, 4) is 0 Å². The van der Waals surface area contributed by atoms with Crippen LogP contribution in [0.2, 0.25) is 0 Å². The number of nitrogens with zero attached hydrogens (tertiary/aromatic N) is 1. The van der Waals surface area contributed by atoms with Gasteiger partial charge in [-0.1, -0.05) is 0 Å². The molecule has 1 heterocycles. The van der Waals surface area contributed by atoms with Gasteiger partial charge in [0.25, 0.3) is 0 Å². The second kappa shape index (κ2) is 5.19. The Bertz CT molecular complexity index is 417. The lowest BCUT2D eigenvalue weighted by molar-refractivity contribution is -0.116. The van der Waals surface area contributed by atoms with E-state index in [0.29, 0.717) is 13.0 Å². The Balaban J connectivity index is 2.01. The maximum absolute atomic E-state index is 11.6. The normalized spacial score (nSPS) is 13.6. The van der Waals surface area contributed by atoms with E-state index in [1.54, 1.807) is 0 Å². The van der Waals surface area contributed by atoms with Gasteiger partial charge in [-0.3, -0.25) is 4.79 Å². The Morgan fingerprint density at radius 1 is 1.47 bits per heavy atom. The lowest BCUT2D eigenvalue weighted by Gasteiger charge is -2.12. The number of carbonyl (C=O) groups excluding carboxylic acids is 1. The second-order valence-electron chi connectivity index (χ2n) is 4.42. The Labute approximate surface area is 102 Å². The molecule has 92 valence electrons. The van der Waals surface area contributed by atoms with Crippen molar-refractivity contribution in [3.63, 3.8) is 0 Å². The Morgan fingerprint density at radius 2 is 2.29 bits per heavy atom. The smallest absolute Gasteiger partial charge is 0.225 e. The molecule has 0 atom stereocenters. The summed E-state index contributed by atoms with van der Waals surface area (Å²) in [5.74, 6) is 0.0608. The van der Waals surface area contributed by atoms with E-state index in [2.05, 4.69) is 34.7 Å². The molecule has 0 radical (unpaired) electrons. The first-order chi connectivity index (χ1) is 8.20. The lowest BCUT2D eigenvalue weighted by Crippen LogP contribution is -2.18. The minimum absolute atomic E-state index is 0.0608. The fourth-order valence-electron chi connectivity index (χ4n) is 2.11. The van der Waals surface area contributed by atoms with Gasteiger partial charge >= 0.3 is 0 Å². The predicted octanol–water partition coefficient (Wildman–Crippen LogP) is 1.23. The molecule has 4 heteroatoms. The summed E-state index contributed by atoms with van der Waals surface area (Å²) in [5, 5.41) is 5.89. The molecule has 0 saturated heterocycles. The number of hydrogen-bond donors (Lipinski definition) is 2. The van der Waals surface area contributed by atoms with Gasteiger partial charge in [0.1, 0.15) is 0 Å². The zero-order valence-electron chi connectivity index (χ0n) is 10.4. The van der Waals surface area contributed by atoms with Crippen LogP contribution in [0.3, 0.4) is 0 Å². The van der Waals surface area contributed by atoms with Crippen LogP contribution in [-0.4, -0.2) is 33.1 Å². The maximum atomic E-state index is 11.6. The van der Waals surface area contributed by atoms with E-state index < -0.39 is 0 Å². The van der Waals surface area contributed by atoms with Crippen molar-refractivity contribution >= 4 is 17.3 Å². The summed E-state index contributed by atoms with van der Waals surface area (Å²) in [6, 6.07) is 6.13. The third kappa shape index (κ3) is 2.77. The fourth-order valence-corrected chi connectivity index (χ4v) is 2.11. The minimum Gasteiger partial charge on any atom is -0.374 e. The summed E-state index contributed by atoms with van der Waals surface area (Å²) in [6.07, 6.45) is 1.57. The molecule has 0 saturated carbocycles. The first-order valence-corrected chi connectivity index (χ1v) is 5.99. The van der Waals surface area contributed by atoms with E-state index in [0.717, 1.165) is 18.7 Å². The number of rotatable bonds is 4. The molecule has 2 N–H and O–H groups in total. The first-order valence-electron chi connectivity index (χ1n) is 5.99. The van der Waals surface area contributed by atoms with Crippen molar-refractivity contribution in [1.82, 2.24) is 5.32 Å². The monoisotopic (exact) mass is 233 g/mol. The topological polar surface area (TPSA) is 44.4 Å². The number of anilines is 2. The van der Waals surface area contributed by atoms with Crippen molar-refractivity contribution in [2.45, 2.75) is 12.8 Å². The van der Waals surface area contributed by atoms with E-state index in [4.69, 9.17) is 0 Å². The van der Waals surface area contributed by atoms with Crippen LogP contribution in [0.25, 0.3) is 0 Å². The highest BCUT2D eigenvalue weighted by Crippen LogP contribution is 2.29. The average Bonchev–Trinajstić information content (AvgIpc) is 2.68. The molecule has 1 aromatic rings. The van der Waals surface area contributed by atoms with Gasteiger partial charge in [0.05, 0.1) is 0 Å². The average molecular weight is 233 g/mol. The molecule has 0 aromatic heterocycles. The van der Waals surface area contributed by atoms with Crippen molar-refractivity contribution in [3.05, 3.63) is 23.8 Å². The summed E-state index contributed by atoms with van der Waals surface area (Å²) in [7, 11) is 3.94. The summed E-state index contributed by atoms with van der Waals surface area (Å²) in [6.45, 7) is 1.77. The van der Waals surface area contributed by atoms with Gasteiger partial charge < -0.3 is 15.5 Å². The number of carbonyl (C=O) groups is 1. The molecule has 1 aliphatic heterocycles. The molecule has 0 bridgehead atoms. The zero-order valence-corrected chi connectivity index (χ0v) is 10.4. The first kappa shape index (κ1) is 11.9. The summed E-state index contributed by atoms with van der Waals surface area (Å²) < 4.78 is 0. The number of likely N-dealkylation sites (N-methyl/N-ethyl adjacent to an activating group) is 1. The van der Waals surface area contributed by atoms with Gasteiger partial charge in [0, 0.05) is 37.9 Å². The number of hydrogen-bond acceptors (Lipinski definition) is 3. The van der Waals surface area contributed by atoms with Crippen molar-refractivity contribution in [1.29, 1.82) is 0 Å². The molecule has 1 aliphatic rings. The van der Waals surface area contributed by atoms with E-state index in [-0.39, 0.29) is 5.91 Å². The minimum atomic E-state index is 0.0608. The number of nitrogens with one attached hydrogen (secondary N) is 2. The third-order valence-corrected chi connectivity index (χ3v) is 3.09. The standard InChI is InChI=1S/C13H19N3O/c1-14-7-5-13(17)15-11-3-4-12-10(9-11)6-8-16(12)2/h3-4,9,14H,5-8H2,1-2H3,(H,15,17). The highest BCUT2D eigenvalue weighted by atomic mass is 16.1. The van der Waals surface area contributed by atoms with Gasteiger partial charge in [-0.05, 0) is 37.2 Å². The van der Waals surface area contributed by atoms with E-state index in [1.807, 2.05) is 13.1 Å². The largest absolute Gasteiger partial charge is 0.374 e. The summed E-state index contributed by atoms with van der Waals surface area (Å²) in [5.41, 5.74) is 3.50. The summed E-state index contributed by atoms with van der Waals surface area (Å²) in [4.78, 5) is 13.8. The molecule has 0 unspecified atom stereocenters. The van der Waals surface area contributed by atoms with Crippen LogP contribution in [0.1, 0.15) is 12.0 Å². The van der Waals surface area contributed by atoms with Crippen molar-refractivity contribution < 1.29 is 4.79 Å².